The second-order valence-corrected chi connectivity index (χ2v) is 5.49. The third kappa shape index (κ3) is 1.51. The Morgan fingerprint density at radius 1 is 1.29 bits per heavy atom. The van der Waals surface area contributed by atoms with Gasteiger partial charge in [0.15, 0.2) is 0 Å². The molecule has 0 saturated carbocycles. The average molecular weight is 231 g/mol. The van der Waals surface area contributed by atoms with Gasteiger partial charge >= 0.3 is 6.55 Å². The van der Waals surface area contributed by atoms with Crippen LogP contribution in [-0.4, -0.2) is 18.1 Å². The molecule has 17 heavy (non-hydrogen) atoms. The molecule has 1 fully saturated rings. The summed E-state index contributed by atoms with van der Waals surface area (Å²) in [4.78, 5) is 11.8. The first-order valence-electron chi connectivity index (χ1n) is 6.21. The fraction of sp³-hybridized carbons (Fsp3) is 0.462. The van der Waals surface area contributed by atoms with Crippen molar-refractivity contribution in [2.75, 3.05) is 0 Å². The molecule has 0 radical (unpaired) electrons. The van der Waals surface area contributed by atoms with E-state index in [4.69, 9.17) is 9.31 Å². The van der Waals surface area contributed by atoms with Crippen molar-refractivity contribution in [1.29, 1.82) is 0 Å². The Morgan fingerprint density at radius 3 is 2.76 bits per heavy atom. The van der Waals surface area contributed by atoms with Gasteiger partial charge in [-0.25, -0.2) is 0 Å². The Bertz CT molecular complexity index is 483. The number of hydrogen-bond acceptors (Lipinski definition) is 3. The molecule has 1 spiro atoms. The van der Waals surface area contributed by atoms with E-state index in [1.807, 2.05) is 18.2 Å². The summed E-state index contributed by atoms with van der Waals surface area (Å²) in [6.45, 7) is 1.98. The summed E-state index contributed by atoms with van der Waals surface area (Å²) < 4.78 is 11.6. The lowest BCUT2D eigenvalue weighted by atomic mass is 9.44. The highest BCUT2D eigenvalue weighted by molar-refractivity contribution is 6.84. The molecule has 4 heteroatoms. The highest BCUT2D eigenvalue weighted by Gasteiger charge is 2.49. The third-order valence-corrected chi connectivity index (χ3v) is 3.83. The molecule has 0 amide bonds. The minimum Gasteiger partial charge on any atom is -0.660 e. The van der Waals surface area contributed by atoms with Gasteiger partial charge in [0.05, 0.1) is 0 Å². The van der Waals surface area contributed by atoms with Crippen molar-refractivity contribution >= 4 is 18.0 Å². The number of rotatable bonds is 0. The quantitative estimate of drug-likeness (QED) is 0.636. The van der Waals surface area contributed by atoms with Crippen LogP contribution in [-0.2, 0) is 20.5 Å². The van der Waals surface area contributed by atoms with Gasteiger partial charge in [0.2, 0.25) is 0 Å². The normalized spacial score (nSPS) is 30.1. The second-order valence-electron chi connectivity index (χ2n) is 5.49. The molecule has 0 aliphatic carbocycles. The molecule has 0 bridgehead atoms. The predicted octanol–water partition coefficient (Wildman–Crippen LogP) is 1.63. The Kier molecular flexibility index (Phi) is 2.14. The van der Waals surface area contributed by atoms with Crippen LogP contribution in [0, 0.1) is 0 Å². The largest absolute Gasteiger partial charge is 0.660 e. The van der Waals surface area contributed by atoms with E-state index in [1.165, 1.54) is 5.56 Å². The summed E-state index contributed by atoms with van der Waals surface area (Å²) in [5.41, 5.74) is 1.52. The lowest BCUT2D eigenvalue weighted by Gasteiger charge is -2.41. The highest BCUT2D eigenvalue weighted by atomic mass is 16.7. The highest BCUT2D eigenvalue weighted by Crippen LogP contribution is 2.35. The smallest absolute Gasteiger partial charge is 0.325 e. The van der Waals surface area contributed by atoms with E-state index in [1.54, 1.807) is 13.8 Å². The molecule has 2 aliphatic heterocycles. The maximum Gasteiger partial charge on any atom is 0.325 e. The molecular formula is C13H16BO3-. The van der Waals surface area contributed by atoms with Gasteiger partial charge in [-0.1, -0.05) is 36.2 Å². The van der Waals surface area contributed by atoms with Crippen molar-refractivity contribution in [2.45, 2.75) is 38.6 Å². The standard InChI is InChI=1S/C13H16BO3/c1-13(2)12(15)16-14(17-13)9-5-7-10-6-3-4-8-11(10)14/h3-4,6,8H,5,7,9H2,1-2H3/q-1. The number of carbonyl (C=O) groups is 1. The topological polar surface area (TPSA) is 35.5 Å². The van der Waals surface area contributed by atoms with E-state index in [0.717, 1.165) is 24.6 Å². The molecule has 1 atom stereocenters. The first-order valence-corrected chi connectivity index (χ1v) is 6.21. The molecule has 1 aromatic rings. The number of aryl methyl sites for hydroxylation is 1. The van der Waals surface area contributed by atoms with Crippen molar-refractivity contribution in [3.05, 3.63) is 29.8 Å². The van der Waals surface area contributed by atoms with Crippen LogP contribution in [0.4, 0.5) is 0 Å². The van der Waals surface area contributed by atoms with Crippen molar-refractivity contribution in [3.63, 3.8) is 0 Å². The molecule has 0 N–H and O–H groups in total. The maximum atomic E-state index is 11.8. The summed E-state index contributed by atoms with van der Waals surface area (Å²) >= 11 is 0. The van der Waals surface area contributed by atoms with Gasteiger partial charge in [0, 0.05) is 0 Å². The van der Waals surface area contributed by atoms with E-state index in [2.05, 4.69) is 6.07 Å². The summed E-state index contributed by atoms with van der Waals surface area (Å²) in [7, 11) is 0. The number of benzene rings is 1. The van der Waals surface area contributed by atoms with Crippen LogP contribution < -0.4 is 5.46 Å². The van der Waals surface area contributed by atoms with Crippen molar-refractivity contribution in [3.8, 4) is 0 Å². The van der Waals surface area contributed by atoms with Gasteiger partial charge in [-0.15, -0.1) is 11.8 Å². The fourth-order valence-corrected chi connectivity index (χ4v) is 3.02. The van der Waals surface area contributed by atoms with Crippen LogP contribution in [0.5, 0.6) is 0 Å². The van der Waals surface area contributed by atoms with E-state index >= 15 is 0 Å². The third-order valence-electron chi connectivity index (χ3n) is 3.83. The van der Waals surface area contributed by atoms with E-state index < -0.39 is 12.2 Å². The van der Waals surface area contributed by atoms with E-state index in [0.29, 0.717) is 0 Å². The SMILES string of the molecule is CC1(C)O[B-]2(CCCc3ccccc32)OC1=O. The molecule has 90 valence electrons. The van der Waals surface area contributed by atoms with Gasteiger partial charge in [0.1, 0.15) is 5.60 Å². The van der Waals surface area contributed by atoms with Crippen LogP contribution in [0.1, 0.15) is 25.8 Å². The zero-order valence-corrected chi connectivity index (χ0v) is 10.2. The molecule has 1 unspecified atom stereocenters. The molecule has 1 aromatic carbocycles. The summed E-state index contributed by atoms with van der Waals surface area (Å²) in [5.74, 6) is -0.241. The molecule has 3 nitrogen and oxygen atoms in total. The van der Waals surface area contributed by atoms with Gasteiger partial charge < -0.3 is 9.31 Å². The lowest BCUT2D eigenvalue weighted by molar-refractivity contribution is -0.141. The minimum absolute atomic E-state index is 0.241. The van der Waals surface area contributed by atoms with Gasteiger partial charge in [-0.05, 0) is 20.3 Å². The predicted molar refractivity (Wildman–Crippen MR) is 66.2 cm³/mol. The Balaban J connectivity index is 2.09. The van der Waals surface area contributed by atoms with Gasteiger partial charge in [0.25, 0.3) is 5.97 Å². The zero-order chi connectivity index (χ0) is 12.1. The van der Waals surface area contributed by atoms with Crippen molar-refractivity contribution < 1.29 is 14.1 Å². The van der Waals surface area contributed by atoms with Crippen molar-refractivity contribution in [2.24, 2.45) is 0 Å². The van der Waals surface area contributed by atoms with Crippen LogP contribution in [0.15, 0.2) is 24.3 Å². The van der Waals surface area contributed by atoms with Crippen LogP contribution in [0.3, 0.4) is 0 Å². The molecule has 2 heterocycles. The Labute approximate surface area is 101 Å². The maximum absolute atomic E-state index is 11.8. The van der Waals surface area contributed by atoms with Crippen LogP contribution in [0.25, 0.3) is 0 Å². The van der Waals surface area contributed by atoms with E-state index in [9.17, 15) is 4.79 Å². The molecule has 0 aromatic heterocycles. The monoisotopic (exact) mass is 231 g/mol. The number of fused-ring (bicyclic) bond motifs is 2. The van der Waals surface area contributed by atoms with Crippen molar-refractivity contribution in [1.82, 2.24) is 0 Å². The summed E-state index contributed by atoms with van der Waals surface area (Å²) in [6.07, 6.45) is 2.87. The second kappa shape index (κ2) is 3.36. The first-order chi connectivity index (χ1) is 8.04. The molecule has 2 aliphatic rings. The number of hydrogen-bond donors (Lipinski definition) is 0. The summed E-state index contributed by atoms with van der Waals surface area (Å²) in [6, 6.07) is 8.13. The minimum atomic E-state index is -1.58. The molecular weight excluding hydrogens is 215 g/mol. The van der Waals surface area contributed by atoms with Crippen LogP contribution >= 0.6 is 0 Å². The van der Waals surface area contributed by atoms with Gasteiger partial charge in [-0.2, -0.15) is 0 Å². The lowest BCUT2D eigenvalue weighted by Crippen LogP contribution is -2.54. The van der Waals surface area contributed by atoms with E-state index in [-0.39, 0.29) is 5.97 Å². The van der Waals surface area contributed by atoms with Gasteiger partial charge in [-0.3, -0.25) is 4.79 Å². The Morgan fingerprint density at radius 2 is 2.06 bits per heavy atom. The molecule has 1 saturated heterocycles. The average Bonchev–Trinajstić information content (AvgIpc) is 2.50. The van der Waals surface area contributed by atoms with Crippen LogP contribution in [0.2, 0.25) is 6.32 Å². The summed E-state index contributed by atoms with van der Waals surface area (Å²) in [5, 5.41) is 0. The first kappa shape index (κ1) is 10.8. The zero-order valence-electron chi connectivity index (χ0n) is 10.2. The number of carbonyl (C=O) groups excluding carboxylic acids is 1. The Hall–Kier alpha value is -1.29. The fourth-order valence-electron chi connectivity index (χ4n) is 3.02. The molecule has 3 rings (SSSR count).